The van der Waals surface area contributed by atoms with Crippen LogP contribution in [0.4, 0.5) is 4.39 Å². The first-order valence-corrected chi connectivity index (χ1v) is 2.62. The Kier molecular flexibility index (Phi) is 2.53. The second-order valence-corrected chi connectivity index (χ2v) is 2.15. The molecule has 64 valence electrons. The highest BCUT2D eigenvalue weighted by Gasteiger charge is 2.44. The topological polar surface area (TPSA) is 94.8 Å². The van der Waals surface area contributed by atoms with E-state index in [0.717, 1.165) is 0 Å². The molecular formula is C5H7FO5. The van der Waals surface area contributed by atoms with Gasteiger partial charge in [-0.2, -0.15) is 0 Å². The number of halogens is 1. The molecule has 0 bridgehead atoms. The van der Waals surface area contributed by atoms with Crippen LogP contribution in [-0.4, -0.2) is 39.0 Å². The van der Waals surface area contributed by atoms with Crippen LogP contribution in [0.1, 0.15) is 6.92 Å². The minimum absolute atomic E-state index is 0.577. The number of aliphatic carboxylic acids is 2. The fourth-order valence-electron chi connectivity index (χ4n) is 0.349. The second-order valence-electron chi connectivity index (χ2n) is 2.15. The van der Waals surface area contributed by atoms with Crippen molar-refractivity contribution in [3.63, 3.8) is 0 Å². The predicted octanol–water partition coefficient (Wildman–Crippen LogP) is -0.755. The van der Waals surface area contributed by atoms with E-state index in [-0.39, 0.29) is 0 Å². The molecule has 0 amide bonds. The third-order valence-electron chi connectivity index (χ3n) is 1.14. The van der Waals surface area contributed by atoms with Crippen LogP contribution in [0.25, 0.3) is 0 Å². The largest absolute Gasteiger partial charge is 0.479 e. The first kappa shape index (κ1) is 9.83. The van der Waals surface area contributed by atoms with E-state index in [1.165, 1.54) is 0 Å². The lowest BCUT2D eigenvalue weighted by atomic mass is 10.0. The number of alkyl halides is 1. The van der Waals surface area contributed by atoms with Crippen molar-refractivity contribution in [2.24, 2.45) is 0 Å². The summed E-state index contributed by atoms with van der Waals surface area (Å²) in [5.74, 6) is -3.91. The quantitative estimate of drug-likeness (QED) is 0.512. The van der Waals surface area contributed by atoms with Gasteiger partial charge in [-0.05, 0) is 6.92 Å². The van der Waals surface area contributed by atoms with Gasteiger partial charge in [0.15, 0.2) is 0 Å². The lowest BCUT2D eigenvalue weighted by molar-refractivity contribution is -0.173. The zero-order valence-corrected chi connectivity index (χ0v) is 5.61. The molecule has 2 atom stereocenters. The normalized spacial score (nSPS) is 18.5. The molecule has 0 spiro atoms. The molecule has 0 saturated carbocycles. The van der Waals surface area contributed by atoms with E-state index < -0.39 is 23.7 Å². The van der Waals surface area contributed by atoms with Gasteiger partial charge in [0.25, 0.3) is 0 Å². The summed E-state index contributed by atoms with van der Waals surface area (Å²) in [6.07, 6.45) is -2.82. The Hall–Kier alpha value is -1.17. The standard InChI is InChI=1S/C5H7FO5/c1-5(11,4(9)10)2(6)3(7)8/h2,11H,1H3,(H,7,8)(H,9,10). The van der Waals surface area contributed by atoms with Crippen LogP contribution in [-0.2, 0) is 9.59 Å². The SMILES string of the molecule is CC(O)(C(=O)O)C(F)C(=O)O. The minimum Gasteiger partial charge on any atom is -0.479 e. The number of hydrogen-bond donors (Lipinski definition) is 3. The van der Waals surface area contributed by atoms with E-state index in [9.17, 15) is 14.0 Å². The molecule has 0 heterocycles. The summed E-state index contributed by atoms with van der Waals surface area (Å²) in [7, 11) is 0. The molecule has 0 aromatic heterocycles. The molecule has 0 aliphatic heterocycles. The fraction of sp³-hybridized carbons (Fsp3) is 0.600. The number of carboxylic acids is 2. The van der Waals surface area contributed by atoms with Crippen molar-refractivity contribution in [3.05, 3.63) is 0 Å². The van der Waals surface area contributed by atoms with E-state index in [0.29, 0.717) is 6.92 Å². The Morgan fingerprint density at radius 2 is 1.82 bits per heavy atom. The van der Waals surface area contributed by atoms with Gasteiger partial charge in [-0.3, -0.25) is 0 Å². The van der Waals surface area contributed by atoms with Crippen molar-refractivity contribution in [1.82, 2.24) is 0 Å². The highest BCUT2D eigenvalue weighted by molar-refractivity contribution is 5.86. The Labute approximate surface area is 61.1 Å². The van der Waals surface area contributed by atoms with Crippen molar-refractivity contribution in [3.8, 4) is 0 Å². The average molecular weight is 166 g/mol. The van der Waals surface area contributed by atoms with Crippen molar-refractivity contribution in [2.75, 3.05) is 0 Å². The number of hydrogen-bond acceptors (Lipinski definition) is 3. The second kappa shape index (κ2) is 2.83. The van der Waals surface area contributed by atoms with Crippen LogP contribution in [0.15, 0.2) is 0 Å². The summed E-state index contributed by atoms with van der Waals surface area (Å²) < 4.78 is 12.3. The van der Waals surface area contributed by atoms with Crippen molar-refractivity contribution in [1.29, 1.82) is 0 Å². The fourth-order valence-corrected chi connectivity index (χ4v) is 0.349. The highest BCUT2D eigenvalue weighted by Crippen LogP contribution is 2.13. The molecule has 0 aromatic rings. The summed E-state index contributed by atoms with van der Waals surface area (Å²) >= 11 is 0. The predicted molar refractivity (Wildman–Crippen MR) is 30.8 cm³/mol. The van der Waals surface area contributed by atoms with Gasteiger partial charge in [0.05, 0.1) is 0 Å². The average Bonchev–Trinajstić information content (AvgIpc) is 1.85. The minimum atomic E-state index is -2.87. The van der Waals surface area contributed by atoms with E-state index >= 15 is 0 Å². The highest BCUT2D eigenvalue weighted by atomic mass is 19.1. The Morgan fingerprint density at radius 3 is 1.91 bits per heavy atom. The summed E-state index contributed by atoms with van der Waals surface area (Å²) in [5, 5.41) is 24.8. The van der Waals surface area contributed by atoms with Gasteiger partial charge in [0, 0.05) is 0 Å². The van der Waals surface area contributed by atoms with Gasteiger partial charge in [0.2, 0.25) is 11.8 Å². The molecule has 0 aromatic carbocycles. The Balaban J connectivity index is 4.55. The summed E-state index contributed by atoms with van der Waals surface area (Å²) in [4.78, 5) is 19.9. The van der Waals surface area contributed by atoms with Gasteiger partial charge in [-0.25, -0.2) is 14.0 Å². The molecule has 0 aliphatic carbocycles. The number of aliphatic hydroxyl groups is 1. The molecule has 0 saturated heterocycles. The molecule has 6 heteroatoms. The Morgan fingerprint density at radius 1 is 1.45 bits per heavy atom. The van der Waals surface area contributed by atoms with E-state index in [4.69, 9.17) is 15.3 Å². The molecule has 0 fully saturated rings. The smallest absolute Gasteiger partial charge is 0.342 e. The van der Waals surface area contributed by atoms with Gasteiger partial charge < -0.3 is 15.3 Å². The van der Waals surface area contributed by atoms with Crippen LogP contribution >= 0.6 is 0 Å². The number of rotatable bonds is 3. The monoisotopic (exact) mass is 166 g/mol. The third kappa shape index (κ3) is 1.87. The summed E-state index contributed by atoms with van der Waals surface area (Å²) in [6.45, 7) is 0.577. The lowest BCUT2D eigenvalue weighted by Crippen LogP contribution is -2.48. The molecular weight excluding hydrogens is 159 g/mol. The molecule has 0 radical (unpaired) electrons. The molecule has 0 aliphatic rings. The van der Waals surface area contributed by atoms with Crippen LogP contribution in [0.2, 0.25) is 0 Å². The van der Waals surface area contributed by atoms with Gasteiger partial charge >= 0.3 is 11.9 Å². The van der Waals surface area contributed by atoms with E-state index in [1.807, 2.05) is 0 Å². The van der Waals surface area contributed by atoms with Crippen LogP contribution in [0.3, 0.4) is 0 Å². The van der Waals surface area contributed by atoms with Crippen LogP contribution in [0.5, 0.6) is 0 Å². The maximum atomic E-state index is 12.3. The molecule has 11 heavy (non-hydrogen) atoms. The summed E-state index contributed by atoms with van der Waals surface area (Å²) in [6, 6.07) is 0. The zero-order valence-electron chi connectivity index (χ0n) is 5.61. The third-order valence-corrected chi connectivity index (χ3v) is 1.14. The van der Waals surface area contributed by atoms with Crippen molar-refractivity contribution < 1.29 is 29.3 Å². The van der Waals surface area contributed by atoms with Crippen molar-refractivity contribution >= 4 is 11.9 Å². The molecule has 0 rings (SSSR count). The molecule has 2 unspecified atom stereocenters. The Bertz CT molecular complexity index is 187. The molecule has 5 nitrogen and oxygen atoms in total. The number of carboxylic acid groups (broad SMARTS) is 2. The van der Waals surface area contributed by atoms with E-state index in [1.54, 1.807) is 0 Å². The zero-order chi connectivity index (χ0) is 9.23. The molecule has 3 N–H and O–H groups in total. The van der Waals surface area contributed by atoms with Gasteiger partial charge in [-0.15, -0.1) is 0 Å². The van der Waals surface area contributed by atoms with Crippen LogP contribution < -0.4 is 0 Å². The lowest BCUT2D eigenvalue weighted by Gasteiger charge is -2.18. The number of carbonyl (C=O) groups is 2. The maximum Gasteiger partial charge on any atom is 0.342 e. The van der Waals surface area contributed by atoms with Crippen molar-refractivity contribution in [2.45, 2.75) is 18.7 Å². The van der Waals surface area contributed by atoms with Crippen LogP contribution in [0, 0.1) is 0 Å². The summed E-state index contributed by atoms with van der Waals surface area (Å²) in [5.41, 5.74) is -2.87. The first-order chi connectivity index (χ1) is 4.80. The maximum absolute atomic E-state index is 12.3. The van der Waals surface area contributed by atoms with Gasteiger partial charge in [0.1, 0.15) is 0 Å². The first-order valence-electron chi connectivity index (χ1n) is 2.62. The van der Waals surface area contributed by atoms with E-state index in [2.05, 4.69) is 0 Å². The van der Waals surface area contributed by atoms with Gasteiger partial charge in [-0.1, -0.05) is 0 Å².